The van der Waals surface area contributed by atoms with Gasteiger partial charge in [-0.25, -0.2) is 0 Å². The number of phenolic OH excluding ortho intramolecular Hbond substituents is 1. The van der Waals surface area contributed by atoms with E-state index < -0.39 is 4.92 Å². The first-order valence-corrected chi connectivity index (χ1v) is 17.4. The van der Waals surface area contributed by atoms with Crippen molar-refractivity contribution in [2.75, 3.05) is 0 Å². The number of hydrogen-bond donors (Lipinski definition) is 1. The second kappa shape index (κ2) is 19.3. The van der Waals surface area contributed by atoms with E-state index in [4.69, 9.17) is 4.79 Å². The van der Waals surface area contributed by atoms with Gasteiger partial charge in [-0.3, -0.25) is 16.9 Å². The summed E-state index contributed by atoms with van der Waals surface area (Å²) >= 11 is 0. The molecule has 3 saturated carbocycles. The Morgan fingerprint density at radius 2 is 1.24 bits per heavy atom. The molecule has 5 nitrogen and oxygen atoms in total. The molecular formula is C35H50NO4PRu+. The van der Waals surface area contributed by atoms with Gasteiger partial charge in [0.15, 0.2) is 11.3 Å². The number of carbonyl (C=O) groups excluding carboxylic acids is 1. The Kier molecular flexibility index (Phi) is 16.7. The van der Waals surface area contributed by atoms with E-state index in [9.17, 15) is 15.2 Å². The topological polar surface area (TPSA) is 80.4 Å². The van der Waals surface area contributed by atoms with Crippen molar-refractivity contribution in [1.29, 1.82) is 0 Å². The van der Waals surface area contributed by atoms with Crippen molar-refractivity contribution in [1.82, 2.24) is 0 Å². The zero-order chi connectivity index (χ0) is 29.6. The van der Waals surface area contributed by atoms with Crippen molar-refractivity contribution in [2.45, 2.75) is 127 Å². The van der Waals surface area contributed by atoms with Crippen LogP contribution in [0.2, 0.25) is 0 Å². The summed E-state index contributed by atoms with van der Waals surface area (Å²) in [5.41, 5.74) is 7.05. The normalized spacial score (nSPS) is 18.2. The van der Waals surface area contributed by atoms with Crippen LogP contribution in [0.5, 0.6) is 5.75 Å². The standard InChI is InChI=1S/C18H33P.C16H13NO3.CHO.Ru.H/c1-4-10-16(11-5-1)19(17-12-6-2-7-13-17)18-14-8-3-9-15-18;1-11-4-3-5-12(2)15(11)8-6-13-10-14(17(19)20)7-9-16(13)18;1-2;;/h16-18H,1-15H2;3-7,9-10H,1-2H3;1H;;/q;;-1;;/p+2. The van der Waals surface area contributed by atoms with Gasteiger partial charge in [-0.2, -0.15) is 0 Å². The van der Waals surface area contributed by atoms with Crippen LogP contribution in [0.1, 0.15) is 119 Å². The molecule has 5 rings (SSSR count). The van der Waals surface area contributed by atoms with E-state index >= 15 is 0 Å². The van der Waals surface area contributed by atoms with Gasteiger partial charge >= 0.3 is 19.5 Å². The van der Waals surface area contributed by atoms with Crippen molar-refractivity contribution in [2.24, 2.45) is 0 Å². The zero-order valence-corrected chi connectivity index (χ0v) is 28.3. The molecule has 0 heterocycles. The Morgan fingerprint density at radius 3 is 1.64 bits per heavy atom. The van der Waals surface area contributed by atoms with E-state index in [0.29, 0.717) is 5.56 Å². The van der Waals surface area contributed by atoms with Crippen LogP contribution in [0.3, 0.4) is 0 Å². The van der Waals surface area contributed by atoms with E-state index in [1.165, 1.54) is 35.2 Å². The van der Waals surface area contributed by atoms with Gasteiger partial charge < -0.3 is 9.90 Å². The molecule has 0 saturated heterocycles. The molecule has 42 heavy (non-hydrogen) atoms. The molecule has 0 aromatic heterocycles. The Hall–Kier alpha value is -1.99. The van der Waals surface area contributed by atoms with Gasteiger partial charge in [0.25, 0.3) is 5.69 Å². The van der Waals surface area contributed by atoms with Crippen LogP contribution in [0.4, 0.5) is 5.69 Å². The fraction of sp³-hybridized carbons (Fsp3) is 0.571. The maximum absolute atomic E-state index is 10.7. The summed E-state index contributed by atoms with van der Waals surface area (Å²) in [6, 6.07) is 9.81. The molecule has 0 radical (unpaired) electrons. The third kappa shape index (κ3) is 10.6. The summed E-state index contributed by atoms with van der Waals surface area (Å²) < 4.78 is 0. The number of nitrogens with zero attached hydrogens (tertiary/aromatic N) is 1. The van der Waals surface area contributed by atoms with E-state index in [0.717, 1.165) is 16.7 Å². The monoisotopic (exact) mass is 681 g/mol. The molecule has 3 aliphatic rings. The molecule has 0 bridgehead atoms. The first-order valence-electron chi connectivity index (χ1n) is 15.7. The summed E-state index contributed by atoms with van der Waals surface area (Å²) in [6.07, 6.45) is 28.5. The van der Waals surface area contributed by atoms with E-state index in [1.807, 2.05) is 32.0 Å². The summed E-state index contributed by atoms with van der Waals surface area (Å²) in [6.45, 7) is 7.19. The first kappa shape index (κ1) is 36.2. The number of non-ortho nitro benzene ring substituents is 1. The van der Waals surface area contributed by atoms with Gasteiger partial charge in [-0.1, -0.05) is 19.3 Å². The first-order chi connectivity index (χ1) is 19.9. The van der Waals surface area contributed by atoms with Crippen molar-refractivity contribution in [3.8, 4) is 5.75 Å². The van der Waals surface area contributed by atoms with Crippen LogP contribution in [0, 0.1) is 30.0 Å². The Balaban J connectivity index is 0.000000271. The van der Waals surface area contributed by atoms with Gasteiger partial charge in [0.05, 0.1) is 39.6 Å². The molecule has 1 N–H and O–H groups in total. The fourth-order valence-corrected chi connectivity index (χ4v) is 12.5. The SMILES string of the molecule is C1CCC([PH+](C2CCCCC2)C2CCCCC2)CC1.Cc1cccc(C)c1[C+]=Cc1cc([N+](=O)[O-])ccc1O.[CH-]=O.[RuH]. The molecular weight excluding hydrogens is 630 g/mol. The Bertz CT molecular complexity index is 1060. The second-order valence-electron chi connectivity index (χ2n) is 12.1. The van der Waals surface area contributed by atoms with Crippen LogP contribution in [0.15, 0.2) is 36.4 Å². The molecule has 0 amide bonds. The third-order valence-corrected chi connectivity index (χ3v) is 13.9. The van der Waals surface area contributed by atoms with Crippen LogP contribution in [0.25, 0.3) is 6.08 Å². The maximum atomic E-state index is 10.7. The number of nitro benzene ring substituents is 1. The summed E-state index contributed by atoms with van der Waals surface area (Å²) in [7, 11) is -0.0465. The van der Waals surface area contributed by atoms with E-state index in [2.05, 4.69) is 12.9 Å². The van der Waals surface area contributed by atoms with Gasteiger partial charge in [0.1, 0.15) is 0 Å². The van der Waals surface area contributed by atoms with Gasteiger partial charge in [-0.05, 0) is 115 Å². The number of phenols is 1. The number of benzene rings is 2. The van der Waals surface area contributed by atoms with E-state index in [-0.39, 0.29) is 38.8 Å². The predicted octanol–water partition coefficient (Wildman–Crippen LogP) is 9.44. The van der Waals surface area contributed by atoms with Crippen molar-refractivity contribution in [3.05, 3.63) is 74.8 Å². The molecule has 0 aliphatic heterocycles. The Labute approximate surface area is 267 Å². The predicted molar refractivity (Wildman–Crippen MR) is 175 cm³/mol. The summed E-state index contributed by atoms with van der Waals surface area (Å²) in [4.78, 5) is 18.0. The molecule has 3 fully saturated rings. The minimum absolute atomic E-state index is 0. The summed E-state index contributed by atoms with van der Waals surface area (Å²) in [5, 5.41) is 20.5. The summed E-state index contributed by atoms with van der Waals surface area (Å²) in [5.74, 6) is -0.00524. The van der Waals surface area contributed by atoms with E-state index in [1.54, 1.807) is 102 Å². The molecule has 0 unspecified atom stereocenters. The number of aryl methyl sites for hydroxylation is 2. The van der Waals surface area contributed by atoms with Crippen molar-refractivity contribution >= 4 is 26.5 Å². The van der Waals surface area contributed by atoms with Crippen LogP contribution in [-0.2, 0) is 24.3 Å². The van der Waals surface area contributed by atoms with Crippen LogP contribution >= 0.6 is 7.92 Å². The van der Waals surface area contributed by atoms with Crippen LogP contribution in [-0.4, -0.2) is 33.8 Å². The fourth-order valence-electron chi connectivity index (χ4n) is 7.27. The molecule has 2 aromatic carbocycles. The third-order valence-electron chi connectivity index (χ3n) is 9.30. The Morgan fingerprint density at radius 1 is 0.810 bits per heavy atom. The number of rotatable bonds is 6. The number of hydrogen-bond acceptors (Lipinski definition) is 4. The molecule has 231 valence electrons. The molecule has 0 atom stereocenters. The number of nitro groups is 1. The zero-order valence-electron chi connectivity index (χ0n) is 25.5. The van der Waals surface area contributed by atoms with Crippen LogP contribution < -0.4 is 0 Å². The molecule has 2 aromatic rings. The quantitative estimate of drug-likeness (QED) is 0.0627. The minimum atomic E-state index is -0.490. The molecule has 7 heteroatoms. The number of aromatic hydroxyl groups is 1. The van der Waals surface area contributed by atoms with Gasteiger partial charge in [-0.15, -0.1) is 0 Å². The second-order valence-corrected chi connectivity index (χ2v) is 15.5. The average molecular weight is 681 g/mol. The average Bonchev–Trinajstić information content (AvgIpc) is 3.01. The molecule has 0 spiro atoms. The van der Waals surface area contributed by atoms with Gasteiger partial charge in [0.2, 0.25) is 0 Å². The van der Waals surface area contributed by atoms with Gasteiger partial charge in [0, 0.05) is 31.2 Å². The van der Waals surface area contributed by atoms with Crippen molar-refractivity contribution in [3.63, 3.8) is 0 Å². The molecule has 3 aliphatic carbocycles. The van der Waals surface area contributed by atoms with Crippen molar-refractivity contribution < 1.29 is 34.3 Å².